The van der Waals surface area contributed by atoms with Crippen LogP contribution in [-0.4, -0.2) is 21.2 Å². The highest BCUT2D eigenvalue weighted by atomic mass is 16.5. The number of aromatic carboxylic acids is 1. The quantitative estimate of drug-likeness (QED) is 0.814. The number of pyridine rings is 1. The molecule has 5 nitrogen and oxygen atoms in total. The number of aryl methyl sites for hydroxylation is 2. The molecule has 17 heavy (non-hydrogen) atoms. The van der Waals surface area contributed by atoms with Gasteiger partial charge in [0.15, 0.2) is 0 Å². The first kappa shape index (κ1) is 10.3. The fraction of sp³-hybridized carbons (Fsp3) is 0.417. The normalized spacial score (nSPS) is 14.9. The number of carboxylic acid groups (broad SMARTS) is 1. The van der Waals surface area contributed by atoms with Gasteiger partial charge in [-0.25, -0.2) is 9.78 Å². The molecule has 5 heteroatoms. The fourth-order valence-electron chi connectivity index (χ4n) is 2.51. The maximum absolute atomic E-state index is 11.4. The van der Waals surface area contributed by atoms with Crippen LogP contribution >= 0.6 is 0 Å². The standard InChI is InChI=1S/C12H12N2O3/c1-6-9-10(12(15)16)7-4-2-3-5-8(7)13-11(9)17-14-6/h2-5H2,1H3,(H,15,16). The molecule has 3 rings (SSSR count). The first-order valence-corrected chi connectivity index (χ1v) is 5.69. The number of nitrogens with zero attached hydrogens (tertiary/aromatic N) is 2. The van der Waals surface area contributed by atoms with Crippen molar-refractivity contribution >= 4 is 17.1 Å². The van der Waals surface area contributed by atoms with Gasteiger partial charge >= 0.3 is 5.97 Å². The molecule has 2 heterocycles. The summed E-state index contributed by atoms with van der Waals surface area (Å²) in [7, 11) is 0. The van der Waals surface area contributed by atoms with Gasteiger partial charge in [0.2, 0.25) is 0 Å². The van der Waals surface area contributed by atoms with Crippen molar-refractivity contribution in [3.8, 4) is 0 Å². The van der Waals surface area contributed by atoms with E-state index < -0.39 is 5.97 Å². The average molecular weight is 232 g/mol. The van der Waals surface area contributed by atoms with Gasteiger partial charge in [-0.3, -0.25) is 0 Å². The predicted molar refractivity (Wildman–Crippen MR) is 60.1 cm³/mol. The average Bonchev–Trinajstić information content (AvgIpc) is 2.67. The Morgan fingerprint density at radius 1 is 1.35 bits per heavy atom. The number of carboxylic acids is 1. The van der Waals surface area contributed by atoms with Crippen LogP contribution in [0.5, 0.6) is 0 Å². The third-order valence-electron chi connectivity index (χ3n) is 3.29. The molecule has 2 aromatic heterocycles. The highest BCUT2D eigenvalue weighted by Crippen LogP contribution is 2.30. The van der Waals surface area contributed by atoms with E-state index in [0.717, 1.165) is 36.9 Å². The van der Waals surface area contributed by atoms with Crippen molar-refractivity contribution in [2.24, 2.45) is 0 Å². The van der Waals surface area contributed by atoms with E-state index in [2.05, 4.69) is 10.1 Å². The van der Waals surface area contributed by atoms with E-state index in [1.165, 1.54) is 0 Å². The van der Waals surface area contributed by atoms with Crippen LogP contribution in [0.2, 0.25) is 0 Å². The number of aromatic nitrogens is 2. The zero-order chi connectivity index (χ0) is 12.0. The zero-order valence-corrected chi connectivity index (χ0v) is 9.49. The lowest BCUT2D eigenvalue weighted by Crippen LogP contribution is -2.13. The Hall–Kier alpha value is -1.91. The summed E-state index contributed by atoms with van der Waals surface area (Å²) in [5.41, 5.74) is 3.00. The van der Waals surface area contributed by atoms with Gasteiger partial charge in [-0.15, -0.1) is 0 Å². The van der Waals surface area contributed by atoms with Gasteiger partial charge in [0.1, 0.15) is 0 Å². The first-order valence-electron chi connectivity index (χ1n) is 5.69. The molecule has 0 spiro atoms. The summed E-state index contributed by atoms with van der Waals surface area (Å²) in [6, 6.07) is 0. The lowest BCUT2D eigenvalue weighted by atomic mass is 9.90. The summed E-state index contributed by atoms with van der Waals surface area (Å²) in [4.78, 5) is 15.8. The number of fused-ring (bicyclic) bond motifs is 2. The number of hydrogen-bond acceptors (Lipinski definition) is 4. The second-order valence-corrected chi connectivity index (χ2v) is 4.37. The molecule has 0 aromatic carbocycles. The molecule has 0 unspecified atom stereocenters. The van der Waals surface area contributed by atoms with Gasteiger partial charge in [-0.2, -0.15) is 0 Å². The SMILES string of the molecule is Cc1noc2nc3c(c(C(=O)O)c12)CCCC3. The predicted octanol–water partition coefficient (Wildman–Crippen LogP) is 2.11. The largest absolute Gasteiger partial charge is 0.478 e. The Labute approximate surface area is 97.4 Å². The van der Waals surface area contributed by atoms with Crippen molar-refractivity contribution in [1.29, 1.82) is 0 Å². The number of carbonyl (C=O) groups is 1. The molecule has 0 fully saturated rings. The fourth-order valence-corrected chi connectivity index (χ4v) is 2.51. The minimum absolute atomic E-state index is 0.337. The molecule has 1 aliphatic carbocycles. The van der Waals surface area contributed by atoms with E-state index in [1.807, 2.05) is 0 Å². The van der Waals surface area contributed by atoms with Crippen molar-refractivity contribution in [3.05, 3.63) is 22.5 Å². The Kier molecular flexibility index (Phi) is 2.14. The van der Waals surface area contributed by atoms with Gasteiger partial charge < -0.3 is 9.63 Å². The highest BCUT2D eigenvalue weighted by Gasteiger charge is 2.25. The van der Waals surface area contributed by atoms with Crippen LogP contribution in [0.1, 0.15) is 40.2 Å². The highest BCUT2D eigenvalue weighted by molar-refractivity contribution is 6.03. The Balaban J connectivity index is 2.43. The Bertz CT molecular complexity index is 616. The van der Waals surface area contributed by atoms with Crippen LogP contribution in [-0.2, 0) is 12.8 Å². The minimum Gasteiger partial charge on any atom is -0.478 e. The van der Waals surface area contributed by atoms with E-state index >= 15 is 0 Å². The summed E-state index contributed by atoms with van der Waals surface area (Å²) in [6.07, 6.45) is 3.68. The molecule has 1 aliphatic rings. The minimum atomic E-state index is -0.915. The van der Waals surface area contributed by atoms with E-state index in [1.54, 1.807) is 6.92 Å². The first-order chi connectivity index (χ1) is 8.18. The summed E-state index contributed by atoms with van der Waals surface area (Å²) in [5.74, 6) is -0.915. The van der Waals surface area contributed by atoms with Crippen molar-refractivity contribution in [1.82, 2.24) is 10.1 Å². The van der Waals surface area contributed by atoms with E-state index in [-0.39, 0.29) is 0 Å². The molecule has 0 aliphatic heterocycles. The Morgan fingerprint density at radius 2 is 2.12 bits per heavy atom. The summed E-state index contributed by atoms with van der Waals surface area (Å²) in [6.45, 7) is 1.75. The molecular formula is C12H12N2O3. The van der Waals surface area contributed by atoms with E-state index in [0.29, 0.717) is 22.4 Å². The molecular weight excluding hydrogens is 220 g/mol. The van der Waals surface area contributed by atoms with Crippen LogP contribution in [0.15, 0.2) is 4.52 Å². The molecule has 0 saturated heterocycles. The van der Waals surface area contributed by atoms with Crippen molar-refractivity contribution in [3.63, 3.8) is 0 Å². The zero-order valence-electron chi connectivity index (χ0n) is 9.49. The van der Waals surface area contributed by atoms with Crippen LogP contribution < -0.4 is 0 Å². The van der Waals surface area contributed by atoms with Crippen LogP contribution in [0.4, 0.5) is 0 Å². The smallest absolute Gasteiger partial charge is 0.336 e. The van der Waals surface area contributed by atoms with Crippen molar-refractivity contribution < 1.29 is 14.4 Å². The third-order valence-corrected chi connectivity index (χ3v) is 3.29. The topological polar surface area (TPSA) is 76.2 Å². The van der Waals surface area contributed by atoms with Gasteiger partial charge in [-0.05, 0) is 38.2 Å². The van der Waals surface area contributed by atoms with Crippen molar-refractivity contribution in [2.45, 2.75) is 32.6 Å². The van der Waals surface area contributed by atoms with Gasteiger partial charge in [0.05, 0.1) is 16.6 Å². The van der Waals surface area contributed by atoms with Gasteiger partial charge in [0.25, 0.3) is 5.71 Å². The molecule has 0 bridgehead atoms. The molecule has 0 atom stereocenters. The van der Waals surface area contributed by atoms with Crippen LogP contribution in [0, 0.1) is 6.92 Å². The summed E-state index contributed by atoms with van der Waals surface area (Å²) in [5, 5.41) is 13.7. The maximum atomic E-state index is 11.4. The summed E-state index contributed by atoms with van der Waals surface area (Å²) < 4.78 is 5.08. The van der Waals surface area contributed by atoms with Gasteiger partial charge in [0, 0.05) is 5.69 Å². The monoisotopic (exact) mass is 232 g/mol. The molecule has 1 N–H and O–H groups in total. The molecule has 0 radical (unpaired) electrons. The summed E-state index contributed by atoms with van der Waals surface area (Å²) >= 11 is 0. The second-order valence-electron chi connectivity index (χ2n) is 4.37. The number of hydrogen-bond donors (Lipinski definition) is 1. The lowest BCUT2D eigenvalue weighted by molar-refractivity contribution is 0.0697. The second kappa shape index (κ2) is 3.55. The van der Waals surface area contributed by atoms with Crippen LogP contribution in [0.3, 0.4) is 0 Å². The van der Waals surface area contributed by atoms with Crippen LogP contribution in [0.25, 0.3) is 11.1 Å². The Morgan fingerprint density at radius 3 is 2.88 bits per heavy atom. The molecule has 0 amide bonds. The van der Waals surface area contributed by atoms with E-state index in [9.17, 15) is 9.90 Å². The van der Waals surface area contributed by atoms with E-state index in [4.69, 9.17) is 4.52 Å². The van der Waals surface area contributed by atoms with Crippen molar-refractivity contribution in [2.75, 3.05) is 0 Å². The molecule has 2 aromatic rings. The van der Waals surface area contributed by atoms with Gasteiger partial charge in [-0.1, -0.05) is 5.16 Å². The molecule has 88 valence electrons. The number of rotatable bonds is 1. The maximum Gasteiger partial charge on any atom is 0.336 e. The third kappa shape index (κ3) is 1.42. The molecule has 0 saturated carbocycles. The lowest BCUT2D eigenvalue weighted by Gasteiger charge is -2.16.